The smallest absolute Gasteiger partial charge is 0.490 e. The van der Waals surface area contributed by atoms with E-state index in [2.05, 4.69) is 10.3 Å². The van der Waals surface area contributed by atoms with Gasteiger partial charge in [0.25, 0.3) is 11.5 Å². The summed E-state index contributed by atoms with van der Waals surface area (Å²) in [6, 6.07) is 11.5. The van der Waals surface area contributed by atoms with Crippen LogP contribution in [0.15, 0.2) is 53.6 Å². The number of pyridine rings is 2. The summed E-state index contributed by atoms with van der Waals surface area (Å²) in [6.45, 7) is 0.473. The molecule has 12 heteroatoms. The maximum atomic E-state index is 12.9. The van der Waals surface area contributed by atoms with Crippen LogP contribution in [0.2, 0.25) is 0 Å². The highest BCUT2D eigenvalue weighted by Crippen LogP contribution is 2.39. The number of amides is 1. The standard InChI is InChI=1S/C21H19N3O3S.C2HF3O2/c1-24-15-8-4-3-7-14(15)18-16(21(24)26)17(27-2)19(28-18)20(25)23-11-9-13-6-5-10-22-12-13;3-2(4,5)1(6)7/h3-8,10,12H,9,11H2,1-2H3,(H,23,25);(H,6,7). The number of thiophene rings is 1. The number of rotatable bonds is 5. The molecule has 0 bridgehead atoms. The molecule has 2 N–H and O–H groups in total. The third kappa shape index (κ3) is 5.60. The molecule has 0 unspecified atom stereocenters. The number of alkyl halides is 3. The molecule has 0 saturated carbocycles. The summed E-state index contributed by atoms with van der Waals surface area (Å²) in [5.41, 5.74) is 1.70. The highest BCUT2D eigenvalue weighted by molar-refractivity contribution is 7.22. The fourth-order valence-corrected chi connectivity index (χ4v) is 4.54. The number of hydrogen-bond donors (Lipinski definition) is 2. The van der Waals surface area contributed by atoms with Gasteiger partial charge in [-0.3, -0.25) is 14.6 Å². The molecule has 8 nitrogen and oxygen atoms in total. The van der Waals surface area contributed by atoms with E-state index in [1.807, 2.05) is 36.4 Å². The normalized spacial score (nSPS) is 11.1. The molecular formula is C23H20F3N3O5S. The van der Waals surface area contributed by atoms with E-state index in [-0.39, 0.29) is 11.5 Å². The second-order valence-electron chi connectivity index (χ2n) is 7.22. The highest BCUT2D eigenvalue weighted by atomic mass is 32.1. The first-order valence-corrected chi connectivity index (χ1v) is 10.9. The molecule has 0 atom stereocenters. The van der Waals surface area contributed by atoms with E-state index in [0.717, 1.165) is 21.2 Å². The second-order valence-corrected chi connectivity index (χ2v) is 8.24. The van der Waals surface area contributed by atoms with Crippen LogP contribution < -0.4 is 15.6 Å². The SMILES string of the molecule is COc1c(C(=O)NCCc2cccnc2)sc2c1c(=O)n(C)c1ccccc21.O=C(O)C(F)(F)F. The van der Waals surface area contributed by atoms with Gasteiger partial charge in [0.05, 0.1) is 17.3 Å². The number of hydrogen-bond acceptors (Lipinski definition) is 6. The molecule has 0 aliphatic rings. The summed E-state index contributed by atoms with van der Waals surface area (Å²) in [7, 11) is 3.22. The van der Waals surface area contributed by atoms with Crippen molar-refractivity contribution in [1.82, 2.24) is 14.9 Å². The first-order chi connectivity index (χ1) is 16.6. The molecule has 3 aromatic heterocycles. The highest BCUT2D eigenvalue weighted by Gasteiger charge is 2.38. The first kappa shape index (κ1) is 25.7. The summed E-state index contributed by atoms with van der Waals surface area (Å²) < 4.78 is 39.6. The Bertz CT molecular complexity index is 1430. The Morgan fingerprint density at radius 1 is 1.20 bits per heavy atom. The first-order valence-electron chi connectivity index (χ1n) is 10.1. The van der Waals surface area contributed by atoms with Crippen molar-refractivity contribution in [1.29, 1.82) is 0 Å². The predicted octanol–water partition coefficient (Wildman–Crippen LogP) is 3.76. The van der Waals surface area contributed by atoms with Crippen LogP contribution in [0.4, 0.5) is 13.2 Å². The van der Waals surface area contributed by atoms with Crippen molar-refractivity contribution < 1.29 is 32.6 Å². The van der Waals surface area contributed by atoms with Gasteiger partial charge in [0.1, 0.15) is 10.3 Å². The topological polar surface area (TPSA) is 111 Å². The van der Waals surface area contributed by atoms with E-state index in [1.54, 1.807) is 24.0 Å². The number of aryl methyl sites for hydroxylation is 1. The number of carbonyl (C=O) groups excluding carboxylic acids is 1. The number of aliphatic carboxylic acids is 1. The lowest BCUT2D eigenvalue weighted by Crippen LogP contribution is -2.25. The van der Waals surface area contributed by atoms with Crippen LogP contribution >= 0.6 is 11.3 Å². The summed E-state index contributed by atoms with van der Waals surface area (Å²) in [5.74, 6) is -2.66. The van der Waals surface area contributed by atoms with Crippen molar-refractivity contribution in [3.63, 3.8) is 0 Å². The van der Waals surface area contributed by atoms with Crippen molar-refractivity contribution >= 4 is 44.2 Å². The molecule has 0 aliphatic carbocycles. The van der Waals surface area contributed by atoms with E-state index in [0.29, 0.717) is 29.0 Å². The largest absolute Gasteiger partial charge is 0.494 e. The molecular weight excluding hydrogens is 487 g/mol. The van der Waals surface area contributed by atoms with Gasteiger partial charge in [-0.25, -0.2) is 4.79 Å². The quantitative estimate of drug-likeness (QED) is 0.426. The van der Waals surface area contributed by atoms with Gasteiger partial charge in [0, 0.05) is 31.4 Å². The number of ether oxygens (including phenoxy) is 1. The summed E-state index contributed by atoms with van der Waals surface area (Å²) >= 11 is 1.29. The minimum Gasteiger partial charge on any atom is -0.494 e. The lowest BCUT2D eigenvalue weighted by Gasteiger charge is -2.07. The van der Waals surface area contributed by atoms with Crippen molar-refractivity contribution in [2.24, 2.45) is 7.05 Å². The van der Waals surface area contributed by atoms with Gasteiger partial charge in [-0.1, -0.05) is 24.3 Å². The van der Waals surface area contributed by atoms with Crippen molar-refractivity contribution in [3.05, 3.63) is 69.6 Å². The van der Waals surface area contributed by atoms with E-state index >= 15 is 0 Å². The fourth-order valence-electron chi connectivity index (χ4n) is 3.33. The minimum atomic E-state index is -5.08. The predicted molar refractivity (Wildman–Crippen MR) is 125 cm³/mol. The minimum absolute atomic E-state index is 0.170. The Balaban J connectivity index is 0.000000429. The number of nitrogens with one attached hydrogen (secondary N) is 1. The Kier molecular flexibility index (Phi) is 7.75. The zero-order valence-corrected chi connectivity index (χ0v) is 19.4. The molecule has 0 aliphatic heterocycles. The lowest BCUT2D eigenvalue weighted by atomic mass is 10.1. The van der Waals surface area contributed by atoms with Gasteiger partial charge in [0.15, 0.2) is 5.75 Å². The van der Waals surface area contributed by atoms with Gasteiger partial charge in [-0.2, -0.15) is 13.2 Å². The summed E-state index contributed by atoms with van der Waals surface area (Å²) in [4.78, 5) is 39.1. The third-order valence-corrected chi connectivity index (χ3v) is 6.17. The molecule has 1 amide bonds. The number of nitrogens with zero attached hydrogens (tertiary/aromatic N) is 2. The molecule has 0 saturated heterocycles. The molecule has 0 fully saturated rings. The van der Waals surface area contributed by atoms with Crippen LogP contribution in [0.1, 0.15) is 15.2 Å². The number of fused-ring (bicyclic) bond motifs is 3. The van der Waals surface area contributed by atoms with Gasteiger partial charge >= 0.3 is 12.1 Å². The number of carbonyl (C=O) groups is 2. The Morgan fingerprint density at radius 2 is 1.89 bits per heavy atom. The molecule has 0 spiro atoms. The van der Waals surface area contributed by atoms with Gasteiger partial charge < -0.3 is 19.7 Å². The van der Waals surface area contributed by atoms with Gasteiger partial charge in [-0.15, -0.1) is 11.3 Å². The number of carboxylic acids is 1. The van der Waals surface area contributed by atoms with Crippen LogP contribution in [0.5, 0.6) is 5.75 Å². The maximum absolute atomic E-state index is 12.9. The molecule has 4 rings (SSSR count). The zero-order chi connectivity index (χ0) is 25.8. The molecule has 184 valence electrons. The Morgan fingerprint density at radius 3 is 2.49 bits per heavy atom. The van der Waals surface area contributed by atoms with Crippen LogP contribution in [-0.2, 0) is 18.3 Å². The summed E-state index contributed by atoms with van der Waals surface area (Å²) in [5, 5.41) is 11.4. The van der Waals surface area contributed by atoms with Crippen molar-refractivity contribution in [3.8, 4) is 5.75 Å². The van der Waals surface area contributed by atoms with Crippen LogP contribution in [-0.4, -0.2) is 46.4 Å². The van der Waals surface area contributed by atoms with Crippen LogP contribution in [0.3, 0.4) is 0 Å². The van der Waals surface area contributed by atoms with E-state index < -0.39 is 12.1 Å². The van der Waals surface area contributed by atoms with Gasteiger partial charge in [-0.05, 0) is 24.1 Å². The van der Waals surface area contributed by atoms with E-state index in [9.17, 15) is 22.8 Å². The summed E-state index contributed by atoms with van der Waals surface area (Å²) in [6.07, 6.45) is -0.908. The Labute approximate surface area is 200 Å². The van der Waals surface area contributed by atoms with Crippen LogP contribution in [0.25, 0.3) is 21.0 Å². The van der Waals surface area contributed by atoms with E-state index in [4.69, 9.17) is 14.6 Å². The number of aromatic nitrogens is 2. The number of para-hydroxylation sites is 1. The number of methoxy groups -OCH3 is 1. The number of benzene rings is 1. The maximum Gasteiger partial charge on any atom is 0.490 e. The Hall–Kier alpha value is -3.93. The lowest BCUT2D eigenvalue weighted by molar-refractivity contribution is -0.192. The number of carboxylic acid groups (broad SMARTS) is 1. The average Bonchev–Trinajstić information content (AvgIpc) is 3.23. The van der Waals surface area contributed by atoms with Crippen molar-refractivity contribution in [2.45, 2.75) is 12.6 Å². The number of halogens is 3. The molecule has 0 radical (unpaired) electrons. The molecule has 4 aromatic rings. The molecule has 3 heterocycles. The fraction of sp³-hybridized carbons (Fsp3) is 0.217. The third-order valence-electron chi connectivity index (χ3n) is 4.97. The zero-order valence-electron chi connectivity index (χ0n) is 18.5. The molecule has 1 aromatic carbocycles. The van der Waals surface area contributed by atoms with E-state index in [1.165, 1.54) is 18.4 Å². The average molecular weight is 507 g/mol. The van der Waals surface area contributed by atoms with Crippen LogP contribution in [0, 0.1) is 0 Å². The van der Waals surface area contributed by atoms with Crippen molar-refractivity contribution in [2.75, 3.05) is 13.7 Å². The van der Waals surface area contributed by atoms with Gasteiger partial charge in [0.2, 0.25) is 0 Å². The molecule has 35 heavy (non-hydrogen) atoms. The monoisotopic (exact) mass is 507 g/mol. The second kappa shape index (κ2) is 10.6.